The first-order valence-corrected chi connectivity index (χ1v) is 15.5. The van der Waals surface area contributed by atoms with Crippen LogP contribution in [0.2, 0.25) is 5.02 Å². The van der Waals surface area contributed by atoms with E-state index in [1.807, 2.05) is 44.2 Å². The van der Waals surface area contributed by atoms with Gasteiger partial charge in [-0.1, -0.05) is 59.0 Å². The summed E-state index contributed by atoms with van der Waals surface area (Å²) in [5.41, 5.74) is 3.01. The maximum atomic E-state index is 13.6. The van der Waals surface area contributed by atoms with Crippen molar-refractivity contribution < 1.29 is 24.2 Å². The molecule has 1 saturated heterocycles. The van der Waals surface area contributed by atoms with Gasteiger partial charge >= 0.3 is 5.91 Å². The van der Waals surface area contributed by atoms with E-state index in [-0.39, 0.29) is 22.6 Å². The van der Waals surface area contributed by atoms with E-state index in [9.17, 15) is 14.7 Å². The zero-order valence-corrected chi connectivity index (χ0v) is 25.1. The minimum atomic E-state index is -0.934. The fourth-order valence-electron chi connectivity index (χ4n) is 5.10. The molecule has 0 spiro atoms. The van der Waals surface area contributed by atoms with Crippen LogP contribution in [0.3, 0.4) is 0 Å². The third-order valence-corrected chi connectivity index (χ3v) is 9.36. The first-order valence-electron chi connectivity index (χ1n) is 13.4. The van der Waals surface area contributed by atoms with Crippen molar-refractivity contribution in [2.45, 2.75) is 42.5 Å². The first kappa shape index (κ1) is 28.3. The van der Waals surface area contributed by atoms with Crippen LogP contribution in [0.5, 0.6) is 11.5 Å². The van der Waals surface area contributed by atoms with E-state index in [0.29, 0.717) is 45.0 Å². The molecular formula is C31H26ClN3O5S2. The van der Waals surface area contributed by atoms with Gasteiger partial charge in [-0.05, 0) is 73.0 Å². The standard InChI is InChI=1S/C31H26ClN3O5S2/c1-3-39-23-6-4-5-19(15-23)26-25(27(36)20-9-12-24-21(14-20)13-17(2)40-24)28(37)29(38)35(26)30-33-34-31(42-30)41-16-18-7-10-22(32)11-8-18/h4-12,14-15,17,26,36H,3,13,16H2,1-2H3/b27-25+/t17-,26-/m0/s1. The van der Waals surface area contributed by atoms with Crippen molar-refractivity contribution in [3.05, 3.63) is 99.6 Å². The highest BCUT2D eigenvalue weighted by Gasteiger charge is 2.48. The van der Waals surface area contributed by atoms with Gasteiger partial charge in [0.1, 0.15) is 23.4 Å². The molecule has 1 amide bonds. The number of rotatable bonds is 8. The molecule has 11 heteroatoms. The Morgan fingerprint density at radius 3 is 2.74 bits per heavy atom. The molecular weight excluding hydrogens is 594 g/mol. The number of nitrogens with zero attached hydrogens (tertiary/aromatic N) is 3. The summed E-state index contributed by atoms with van der Waals surface area (Å²) in [5.74, 6) is 0.123. The normalized spacial score (nSPS) is 19.2. The van der Waals surface area contributed by atoms with Crippen LogP contribution in [0, 0.1) is 0 Å². The van der Waals surface area contributed by atoms with Gasteiger partial charge in [0.15, 0.2) is 4.34 Å². The van der Waals surface area contributed by atoms with E-state index in [4.69, 9.17) is 21.1 Å². The molecule has 1 aromatic heterocycles. The van der Waals surface area contributed by atoms with Crippen LogP contribution in [0.25, 0.3) is 5.76 Å². The molecule has 2 aliphatic rings. The number of benzene rings is 3. The molecule has 0 saturated carbocycles. The number of hydrogen-bond donors (Lipinski definition) is 1. The second kappa shape index (κ2) is 11.8. The lowest BCUT2D eigenvalue weighted by Crippen LogP contribution is -2.29. The zero-order chi connectivity index (χ0) is 29.4. The number of Topliss-reactive ketones (excluding diaryl/α,β-unsaturated/α-hetero) is 1. The molecule has 2 aliphatic heterocycles. The van der Waals surface area contributed by atoms with Crippen LogP contribution >= 0.6 is 34.7 Å². The monoisotopic (exact) mass is 619 g/mol. The lowest BCUT2D eigenvalue weighted by molar-refractivity contribution is -0.132. The van der Waals surface area contributed by atoms with Crippen LogP contribution in [0.1, 0.15) is 42.1 Å². The predicted molar refractivity (Wildman–Crippen MR) is 164 cm³/mol. The molecule has 2 atom stereocenters. The van der Waals surface area contributed by atoms with Crippen molar-refractivity contribution in [2.75, 3.05) is 11.5 Å². The Morgan fingerprint density at radius 1 is 1.14 bits per heavy atom. The van der Waals surface area contributed by atoms with Crippen LogP contribution in [0.4, 0.5) is 5.13 Å². The molecule has 6 rings (SSSR count). The lowest BCUT2D eigenvalue weighted by Gasteiger charge is -2.23. The van der Waals surface area contributed by atoms with Crippen molar-refractivity contribution in [3.63, 3.8) is 0 Å². The fraction of sp³-hybridized carbons (Fsp3) is 0.226. The number of aromatic nitrogens is 2. The maximum absolute atomic E-state index is 13.6. The predicted octanol–water partition coefficient (Wildman–Crippen LogP) is 6.83. The quantitative estimate of drug-likeness (QED) is 0.0753. The topological polar surface area (TPSA) is 102 Å². The Bertz CT molecular complexity index is 1700. The Hall–Kier alpha value is -3.86. The van der Waals surface area contributed by atoms with Crippen LogP contribution < -0.4 is 14.4 Å². The lowest BCUT2D eigenvalue weighted by atomic mass is 9.94. The van der Waals surface area contributed by atoms with Gasteiger partial charge in [0.05, 0.1) is 18.2 Å². The Labute approximate surface area is 255 Å². The summed E-state index contributed by atoms with van der Waals surface area (Å²) < 4.78 is 12.1. The highest BCUT2D eigenvalue weighted by Crippen LogP contribution is 2.45. The number of fused-ring (bicyclic) bond motifs is 1. The molecule has 0 bridgehead atoms. The van der Waals surface area contributed by atoms with Gasteiger partial charge in [0.25, 0.3) is 5.78 Å². The van der Waals surface area contributed by atoms with Gasteiger partial charge in [0, 0.05) is 22.8 Å². The van der Waals surface area contributed by atoms with Gasteiger partial charge in [-0.25, -0.2) is 0 Å². The number of carbonyl (C=O) groups excluding carboxylic acids is 2. The molecule has 3 aromatic carbocycles. The van der Waals surface area contributed by atoms with Gasteiger partial charge in [0.2, 0.25) is 5.13 Å². The van der Waals surface area contributed by atoms with Crippen LogP contribution in [-0.4, -0.2) is 39.7 Å². The molecule has 0 radical (unpaired) electrons. The van der Waals surface area contributed by atoms with Gasteiger partial charge in [-0.2, -0.15) is 0 Å². The van der Waals surface area contributed by atoms with E-state index < -0.39 is 17.7 Å². The smallest absolute Gasteiger partial charge is 0.301 e. The molecule has 1 N–H and O–H groups in total. The number of ketones is 1. The average molecular weight is 620 g/mol. The molecule has 0 aliphatic carbocycles. The molecule has 4 aromatic rings. The maximum Gasteiger partial charge on any atom is 0.301 e. The SMILES string of the molecule is CCOc1cccc([C@H]2/C(=C(\O)c3ccc4c(c3)C[C@H](C)O4)C(=O)C(=O)N2c2nnc(SCc3ccc(Cl)cc3)s2)c1. The summed E-state index contributed by atoms with van der Waals surface area (Å²) in [5, 5.41) is 21.1. The number of thioether (sulfide) groups is 1. The minimum Gasteiger partial charge on any atom is -0.507 e. The third kappa shape index (κ3) is 5.49. The highest BCUT2D eigenvalue weighted by molar-refractivity contribution is 8.00. The van der Waals surface area contributed by atoms with E-state index in [2.05, 4.69) is 10.2 Å². The number of amides is 1. The van der Waals surface area contributed by atoms with E-state index in [0.717, 1.165) is 16.9 Å². The van der Waals surface area contributed by atoms with Crippen LogP contribution in [0.15, 0.2) is 76.6 Å². The number of hydrogen-bond acceptors (Lipinski definition) is 9. The van der Waals surface area contributed by atoms with E-state index in [1.165, 1.54) is 28.0 Å². The molecule has 3 heterocycles. The van der Waals surface area contributed by atoms with E-state index >= 15 is 0 Å². The summed E-state index contributed by atoms with van der Waals surface area (Å²) in [7, 11) is 0. The Kier molecular flexibility index (Phi) is 7.94. The van der Waals surface area contributed by atoms with Crippen molar-refractivity contribution >= 4 is 57.3 Å². The number of aliphatic hydroxyl groups is 1. The molecule has 0 unspecified atom stereocenters. The number of anilines is 1. The first-order chi connectivity index (χ1) is 20.3. The molecule has 42 heavy (non-hydrogen) atoms. The molecule has 214 valence electrons. The van der Waals surface area contributed by atoms with Gasteiger partial charge in [-0.3, -0.25) is 14.5 Å². The van der Waals surface area contributed by atoms with Crippen molar-refractivity contribution in [1.29, 1.82) is 0 Å². The summed E-state index contributed by atoms with van der Waals surface area (Å²) >= 11 is 8.68. The molecule has 1 fully saturated rings. The van der Waals surface area contributed by atoms with Crippen LogP contribution in [-0.2, 0) is 21.8 Å². The number of ether oxygens (including phenoxy) is 2. The van der Waals surface area contributed by atoms with Gasteiger partial charge in [-0.15, -0.1) is 10.2 Å². The van der Waals surface area contributed by atoms with E-state index in [1.54, 1.807) is 36.4 Å². The summed E-state index contributed by atoms with van der Waals surface area (Å²) in [6, 6.07) is 19.1. The average Bonchev–Trinajstić information content (AvgIpc) is 3.67. The Morgan fingerprint density at radius 2 is 1.95 bits per heavy atom. The summed E-state index contributed by atoms with van der Waals surface area (Å²) in [6.45, 7) is 4.30. The minimum absolute atomic E-state index is 0.0217. The van der Waals surface area contributed by atoms with Crippen molar-refractivity contribution in [1.82, 2.24) is 10.2 Å². The zero-order valence-electron chi connectivity index (χ0n) is 22.7. The number of halogens is 1. The second-order valence-electron chi connectivity index (χ2n) is 9.90. The third-order valence-electron chi connectivity index (χ3n) is 6.98. The highest BCUT2D eigenvalue weighted by atomic mass is 35.5. The van der Waals surface area contributed by atoms with Crippen molar-refractivity contribution in [2.24, 2.45) is 0 Å². The fourth-order valence-corrected chi connectivity index (χ4v) is 7.04. The van der Waals surface area contributed by atoms with Crippen molar-refractivity contribution in [3.8, 4) is 11.5 Å². The number of aliphatic hydroxyl groups excluding tert-OH is 1. The molecule has 8 nitrogen and oxygen atoms in total. The second-order valence-corrected chi connectivity index (χ2v) is 12.5. The summed E-state index contributed by atoms with van der Waals surface area (Å²) in [6.07, 6.45) is 0.708. The largest absolute Gasteiger partial charge is 0.507 e. The number of carbonyl (C=O) groups is 2. The van der Waals surface area contributed by atoms with Gasteiger partial charge < -0.3 is 14.6 Å². The Balaban J connectivity index is 1.39. The summed E-state index contributed by atoms with van der Waals surface area (Å²) in [4.78, 5) is 28.5.